The van der Waals surface area contributed by atoms with Gasteiger partial charge in [-0.3, -0.25) is 0 Å². The fourth-order valence-electron chi connectivity index (χ4n) is 1.12. The standard InChI is InChI=1S/C12H17NO2/c1-2-8-13-9-11(14)10-15-12-6-4-3-5-7-12/h2-7,11,13-14H,1,8-10H2/t11-/m0/s1. The lowest BCUT2D eigenvalue weighted by Crippen LogP contribution is -2.31. The van der Waals surface area contributed by atoms with Gasteiger partial charge in [-0.15, -0.1) is 6.58 Å². The topological polar surface area (TPSA) is 41.5 Å². The number of nitrogens with one attached hydrogen (secondary N) is 1. The van der Waals surface area contributed by atoms with E-state index in [2.05, 4.69) is 11.9 Å². The average Bonchev–Trinajstić information content (AvgIpc) is 2.28. The molecule has 0 aliphatic heterocycles. The molecule has 0 aromatic heterocycles. The van der Waals surface area contributed by atoms with Gasteiger partial charge < -0.3 is 15.2 Å². The van der Waals surface area contributed by atoms with Crippen LogP contribution in [-0.4, -0.2) is 30.9 Å². The smallest absolute Gasteiger partial charge is 0.119 e. The van der Waals surface area contributed by atoms with Crippen molar-refractivity contribution in [3.8, 4) is 5.75 Å². The van der Waals surface area contributed by atoms with Crippen molar-refractivity contribution in [1.82, 2.24) is 5.32 Å². The summed E-state index contributed by atoms with van der Waals surface area (Å²) < 4.78 is 5.38. The molecule has 1 atom stereocenters. The molecule has 0 fully saturated rings. The maximum atomic E-state index is 9.52. The van der Waals surface area contributed by atoms with Gasteiger partial charge in [-0.2, -0.15) is 0 Å². The fourth-order valence-corrected chi connectivity index (χ4v) is 1.12. The lowest BCUT2D eigenvalue weighted by Gasteiger charge is -2.12. The van der Waals surface area contributed by atoms with Crippen LogP contribution in [0.3, 0.4) is 0 Å². The molecule has 0 amide bonds. The van der Waals surface area contributed by atoms with Gasteiger partial charge in [0.25, 0.3) is 0 Å². The third-order valence-electron chi connectivity index (χ3n) is 1.85. The highest BCUT2D eigenvalue weighted by molar-refractivity contribution is 5.20. The molecular weight excluding hydrogens is 190 g/mol. The Labute approximate surface area is 90.4 Å². The van der Waals surface area contributed by atoms with Crippen molar-refractivity contribution >= 4 is 0 Å². The zero-order chi connectivity index (χ0) is 10.9. The predicted octanol–water partition coefficient (Wildman–Crippen LogP) is 1.20. The van der Waals surface area contributed by atoms with Gasteiger partial charge in [-0.05, 0) is 12.1 Å². The summed E-state index contributed by atoms with van der Waals surface area (Å²) >= 11 is 0. The van der Waals surface area contributed by atoms with E-state index in [-0.39, 0.29) is 0 Å². The van der Waals surface area contributed by atoms with E-state index in [1.165, 1.54) is 0 Å². The van der Waals surface area contributed by atoms with Gasteiger partial charge in [-0.1, -0.05) is 24.3 Å². The van der Waals surface area contributed by atoms with Crippen molar-refractivity contribution < 1.29 is 9.84 Å². The van der Waals surface area contributed by atoms with E-state index < -0.39 is 6.10 Å². The lowest BCUT2D eigenvalue weighted by molar-refractivity contribution is 0.107. The molecule has 1 rings (SSSR count). The van der Waals surface area contributed by atoms with Crippen LogP contribution in [0, 0.1) is 0 Å². The highest BCUT2D eigenvalue weighted by Gasteiger charge is 2.03. The molecule has 0 saturated heterocycles. The van der Waals surface area contributed by atoms with E-state index in [9.17, 15) is 5.11 Å². The Bertz CT molecular complexity index is 274. The minimum Gasteiger partial charge on any atom is -0.491 e. The molecule has 2 N–H and O–H groups in total. The van der Waals surface area contributed by atoms with E-state index >= 15 is 0 Å². The highest BCUT2D eigenvalue weighted by atomic mass is 16.5. The molecule has 3 heteroatoms. The number of aliphatic hydroxyl groups excluding tert-OH is 1. The summed E-state index contributed by atoms with van der Waals surface area (Å²) in [5.74, 6) is 0.778. The van der Waals surface area contributed by atoms with Gasteiger partial charge in [0.05, 0.1) is 0 Å². The van der Waals surface area contributed by atoms with E-state index in [0.717, 1.165) is 5.75 Å². The van der Waals surface area contributed by atoms with Crippen LogP contribution >= 0.6 is 0 Å². The van der Waals surface area contributed by atoms with Crippen LogP contribution in [0.1, 0.15) is 0 Å². The van der Waals surface area contributed by atoms with Crippen molar-refractivity contribution in [3.63, 3.8) is 0 Å². The second-order valence-electron chi connectivity index (χ2n) is 3.22. The maximum Gasteiger partial charge on any atom is 0.119 e. The SMILES string of the molecule is C=CCNC[C@H](O)COc1ccccc1. The Morgan fingerprint density at radius 2 is 2.13 bits per heavy atom. The monoisotopic (exact) mass is 207 g/mol. The van der Waals surface area contributed by atoms with Crippen LogP contribution in [-0.2, 0) is 0 Å². The number of hydrogen-bond donors (Lipinski definition) is 2. The van der Waals surface area contributed by atoms with Crippen LogP contribution in [0.4, 0.5) is 0 Å². The fraction of sp³-hybridized carbons (Fsp3) is 0.333. The summed E-state index contributed by atoms with van der Waals surface area (Å²) in [6.45, 7) is 5.09. The summed E-state index contributed by atoms with van der Waals surface area (Å²) in [6.07, 6.45) is 1.26. The molecule has 0 spiro atoms. The predicted molar refractivity (Wildman–Crippen MR) is 61.0 cm³/mol. The van der Waals surface area contributed by atoms with E-state index in [1.54, 1.807) is 6.08 Å². The van der Waals surface area contributed by atoms with Gasteiger partial charge in [-0.25, -0.2) is 0 Å². The Morgan fingerprint density at radius 3 is 2.80 bits per heavy atom. The van der Waals surface area contributed by atoms with Crippen LogP contribution in [0.25, 0.3) is 0 Å². The van der Waals surface area contributed by atoms with E-state index in [4.69, 9.17) is 4.74 Å². The first kappa shape index (κ1) is 11.8. The third kappa shape index (κ3) is 5.20. The molecule has 0 unspecified atom stereocenters. The molecule has 0 aliphatic rings. The Balaban J connectivity index is 2.16. The molecule has 1 aromatic carbocycles. The summed E-state index contributed by atoms with van der Waals surface area (Å²) in [7, 11) is 0. The van der Waals surface area contributed by atoms with Crippen molar-refractivity contribution in [2.75, 3.05) is 19.7 Å². The molecule has 0 bridgehead atoms. The Kier molecular flexibility index (Phi) is 5.51. The molecular formula is C12H17NO2. The third-order valence-corrected chi connectivity index (χ3v) is 1.85. The molecule has 0 aliphatic carbocycles. The number of aliphatic hydroxyl groups is 1. The number of hydrogen-bond acceptors (Lipinski definition) is 3. The van der Waals surface area contributed by atoms with E-state index in [0.29, 0.717) is 19.7 Å². The summed E-state index contributed by atoms with van der Waals surface area (Å²) in [5, 5.41) is 12.5. The van der Waals surface area contributed by atoms with Gasteiger partial charge in [0, 0.05) is 13.1 Å². The molecule has 1 aromatic rings. The molecule has 3 nitrogen and oxygen atoms in total. The Hall–Kier alpha value is -1.32. The Morgan fingerprint density at radius 1 is 1.40 bits per heavy atom. The molecule has 82 valence electrons. The van der Waals surface area contributed by atoms with Crippen molar-refractivity contribution in [1.29, 1.82) is 0 Å². The maximum absolute atomic E-state index is 9.52. The van der Waals surface area contributed by atoms with Gasteiger partial charge >= 0.3 is 0 Å². The summed E-state index contributed by atoms with van der Waals surface area (Å²) in [5.41, 5.74) is 0. The zero-order valence-corrected chi connectivity index (χ0v) is 8.73. The summed E-state index contributed by atoms with van der Waals surface area (Å²) in [6, 6.07) is 9.46. The van der Waals surface area contributed by atoms with Gasteiger partial charge in [0.15, 0.2) is 0 Å². The second kappa shape index (κ2) is 7.04. The molecule has 15 heavy (non-hydrogen) atoms. The van der Waals surface area contributed by atoms with Crippen LogP contribution in [0.5, 0.6) is 5.75 Å². The minimum atomic E-state index is -0.495. The second-order valence-corrected chi connectivity index (χ2v) is 3.22. The van der Waals surface area contributed by atoms with Gasteiger partial charge in [0.1, 0.15) is 18.5 Å². The van der Waals surface area contributed by atoms with E-state index in [1.807, 2.05) is 30.3 Å². The molecule has 0 heterocycles. The average molecular weight is 207 g/mol. The lowest BCUT2D eigenvalue weighted by atomic mass is 10.3. The zero-order valence-electron chi connectivity index (χ0n) is 8.73. The first-order valence-corrected chi connectivity index (χ1v) is 5.00. The van der Waals surface area contributed by atoms with Crippen LogP contribution in [0.15, 0.2) is 43.0 Å². The first-order chi connectivity index (χ1) is 7.33. The highest BCUT2D eigenvalue weighted by Crippen LogP contribution is 2.08. The largest absolute Gasteiger partial charge is 0.491 e. The number of ether oxygens (including phenoxy) is 1. The van der Waals surface area contributed by atoms with Crippen LogP contribution in [0.2, 0.25) is 0 Å². The van der Waals surface area contributed by atoms with Crippen molar-refractivity contribution in [2.45, 2.75) is 6.10 Å². The molecule has 0 radical (unpaired) electrons. The molecule has 0 saturated carbocycles. The quantitative estimate of drug-likeness (QED) is 0.521. The number of para-hydroxylation sites is 1. The number of rotatable bonds is 7. The normalized spacial score (nSPS) is 12.1. The minimum absolute atomic E-state index is 0.300. The van der Waals surface area contributed by atoms with Crippen molar-refractivity contribution in [3.05, 3.63) is 43.0 Å². The van der Waals surface area contributed by atoms with Crippen molar-refractivity contribution in [2.24, 2.45) is 0 Å². The summed E-state index contributed by atoms with van der Waals surface area (Å²) in [4.78, 5) is 0. The van der Waals surface area contributed by atoms with Crippen LogP contribution < -0.4 is 10.1 Å². The first-order valence-electron chi connectivity index (χ1n) is 5.00. The van der Waals surface area contributed by atoms with Gasteiger partial charge in [0.2, 0.25) is 0 Å². The number of benzene rings is 1.